The van der Waals surface area contributed by atoms with E-state index in [1.807, 2.05) is 0 Å². The number of hydrogen-bond acceptors (Lipinski definition) is 16. The molecule has 0 saturated heterocycles. The van der Waals surface area contributed by atoms with Crippen LogP contribution in [0.1, 0.15) is 0 Å². The summed E-state index contributed by atoms with van der Waals surface area (Å²) >= 11 is 0. The van der Waals surface area contributed by atoms with Gasteiger partial charge in [0, 0.05) is 17.3 Å². The zero-order valence-electron chi connectivity index (χ0n) is 24.4. The summed E-state index contributed by atoms with van der Waals surface area (Å²) in [5, 5.41) is 23.0. The molecule has 0 amide bonds. The normalized spacial score (nSPS) is 12.9. The van der Waals surface area contributed by atoms with Gasteiger partial charge >= 0.3 is 5.69 Å². The van der Waals surface area contributed by atoms with Crippen molar-refractivity contribution in [2.45, 2.75) is 14.7 Å². The summed E-state index contributed by atoms with van der Waals surface area (Å²) in [5.74, 6) is -2.96. The maximum Gasteiger partial charge on any atom is 0.351 e. The summed E-state index contributed by atoms with van der Waals surface area (Å²) in [6, 6.07) is 10.5. The van der Waals surface area contributed by atoms with E-state index in [2.05, 4.69) is 35.8 Å². The Morgan fingerprint density at radius 3 is 2.12 bits per heavy atom. The Hall–Kier alpha value is -5.15. The highest BCUT2D eigenvalue weighted by Gasteiger charge is 2.27. The van der Waals surface area contributed by atoms with Gasteiger partial charge in [-0.3, -0.25) is 23.2 Å². The molecule has 4 aromatic carbocycles. The third-order valence-electron chi connectivity index (χ3n) is 6.62. The second kappa shape index (κ2) is 12.9. The summed E-state index contributed by atoms with van der Waals surface area (Å²) in [6.07, 6.45) is 0. The molecule has 0 aliphatic carbocycles. The van der Waals surface area contributed by atoms with Gasteiger partial charge in [0.15, 0.2) is 5.75 Å². The third kappa shape index (κ3) is 8.00. The Balaban J connectivity index is 1.74. The number of phenols is 1. The number of nitrogens with zero attached hydrogens (tertiary/aromatic N) is 4. The molecule has 0 saturated carbocycles. The maximum atomic E-state index is 12.4. The number of phenolic OH excluding ortho intramolecular Hbond substituents is 1. The summed E-state index contributed by atoms with van der Waals surface area (Å²) < 4.78 is 135. The van der Waals surface area contributed by atoms with Crippen LogP contribution in [0.3, 0.4) is 0 Å². The van der Waals surface area contributed by atoms with Crippen LogP contribution in [0.15, 0.2) is 84.3 Å². The molecule has 1 aromatic heterocycles. The predicted molar refractivity (Wildman–Crippen MR) is 174 cm³/mol. The van der Waals surface area contributed by atoms with Crippen molar-refractivity contribution < 1.29 is 57.0 Å². The number of hydrogen-bond donors (Lipinski definition) is 8. The highest BCUT2D eigenvalue weighted by Crippen LogP contribution is 2.46. The molecule has 0 spiro atoms. The van der Waals surface area contributed by atoms with Gasteiger partial charge in [-0.25, -0.2) is 4.79 Å². The van der Waals surface area contributed by atoms with Crippen LogP contribution in [0.25, 0.3) is 21.5 Å². The van der Waals surface area contributed by atoms with Gasteiger partial charge in [0.05, 0.1) is 16.3 Å². The van der Waals surface area contributed by atoms with Crippen molar-refractivity contribution in [3.05, 3.63) is 65.1 Å². The summed E-state index contributed by atoms with van der Waals surface area (Å²) in [7, 11) is -19.8. The van der Waals surface area contributed by atoms with Crippen LogP contribution in [0, 0.1) is 0 Å². The van der Waals surface area contributed by atoms with E-state index in [4.69, 9.17) is 4.55 Å². The minimum Gasteiger partial charge on any atom is -0.505 e. The first-order valence-corrected chi connectivity index (χ1v) is 19.2. The molecular formula is C25H21N7O14S4. The molecular weight excluding hydrogens is 751 g/mol. The van der Waals surface area contributed by atoms with Crippen molar-refractivity contribution in [1.82, 2.24) is 15.0 Å². The van der Waals surface area contributed by atoms with Crippen molar-refractivity contribution in [2.75, 3.05) is 22.9 Å². The number of H-pyrrole nitrogens is 1. The van der Waals surface area contributed by atoms with E-state index in [-0.39, 0.29) is 5.39 Å². The summed E-state index contributed by atoms with van der Waals surface area (Å²) in [5.41, 5.74) is -3.14. The van der Waals surface area contributed by atoms with E-state index in [9.17, 15) is 57.2 Å². The van der Waals surface area contributed by atoms with Gasteiger partial charge < -0.3 is 15.7 Å². The summed E-state index contributed by atoms with van der Waals surface area (Å²) in [6.45, 7) is -0.465. The first-order valence-electron chi connectivity index (χ1n) is 13.3. The Morgan fingerprint density at radius 1 is 0.780 bits per heavy atom. The molecule has 5 aromatic rings. The van der Waals surface area contributed by atoms with Crippen molar-refractivity contribution in [2.24, 2.45) is 10.2 Å². The predicted octanol–water partition coefficient (Wildman–Crippen LogP) is 2.38. The quantitative estimate of drug-likeness (QED) is 0.0705. The van der Waals surface area contributed by atoms with Crippen LogP contribution < -0.4 is 16.3 Å². The number of azo groups is 1. The first kappa shape index (κ1) is 36.1. The van der Waals surface area contributed by atoms with Crippen LogP contribution in [0.2, 0.25) is 0 Å². The minimum atomic E-state index is -5.33. The van der Waals surface area contributed by atoms with E-state index in [1.54, 1.807) is 6.07 Å². The smallest absolute Gasteiger partial charge is 0.351 e. The Labute approximate surface area is 280 Å². The monoisotopic (exact) mass is 771 g/mol. The van der Waals surface area contributed by atoms with Gasteiger partial charge in [-0.2, -0.15) is 43.6 Å². The molecule has 0 atom stereocenters. The second-order valence-electron chi connectivity index (χ2n) is 10.1. The number of benzene rings is 4. The fraction of sp³-hybridized carbons (Fsp3) is 0.0800. The lowest BCUT2D eigenvalue weighted by atomic mass is 10.1. The molecule has 5 rings (SSSR count). The lowest BCUT2D eigenvalue weighted by molar-refractivity contribution is 0.472. The largest absolute Gasteiger partial charge is 0.505 e. The molecule has 0 aliphatic rings. The third-order valence-corrected chi connectivity index (χ3v) is 9.98. The Morgan fingerprint density at radius 2 is 1.48 bits per heavy atom. The number of aromatic amines is 1. The maximum absolute atomic E-state index is 12.4. The van der Waals surface area contributed by atoms with Crippen LogP contribution in [-0.4, -0.2) is 84.2 Å². The number of anilines is 3. The van der Waals surface area contributed by atoms with E-state index < -0.39 is 119 Å². The Bertz CT molecular complexity index is 2750. The van der Waals surface area contributed by atoms with E-state index in [1.165, 1.54) is 24.3 Å². The number of aromatic hydroxyl groups is 1. The molecule has 8 N–H and O–H groups in total. The van der Waals surface area contributed by atoms with Crippen molar-refractivity contribution in [3.63, 3.8) is 0 Å². The van der Waals surface area contributed by atoms with Crippen molar-refractivity contribution in [1.29, 1.82) is 0 Å². The van der Waals surface area contributed by atoms with Crippen LogP contribution in [-0.2, 0) is 40.5 Å². The fourth-order valence-corrected chi connectivity index (χ4v) is 7.03. The van der Waals surface area contributed by atoms with Crippen LogP contribution in [0.5, 0.6) is 5.75 Å². The van der Waals surface area contributed by atoms with E-state index >= 15 is 0 Å². The van der Waals surface area contributed by atoms with E-state index in [0.29, 0.717) is 17.5 Å². The average molecular weight is 772 g/mol. The molecule has 0 radical (unpaired) electrons. The summed E-state index contributed by atoms with van der Waals surface area (Å²) in [4.78, 5) is 18.9. The van der Waals surface area contributed by atoms with Crippen molar-refractivity contribution >= 4 is 91.0 Å². The first-order chi connectivity index (χ1) is 23.1. The zero-order valence-corrected chi connectivity index (χ0v) is 27.7. The number of rotatable bonds is 11. The van der Waals surface area contributed by atoms with Gasteiger partial charge in [-0.1, -0.05) is 30.3 Å². The van der Waals surface area contributed by atoms with Gasteiger partial charge in [-0.15, -0.1) is 10.2 Å². The average Bonchev–Trinajstić information content (AvgIpc) is 2.97. The molecule has 21 nitrogen and oxygen atoms in total. The molecule has 25 heteroatoms. The molecule has 0 unspecified atom stereocenters. The molecule has 1 heterocycles. The Kier molecular flexibility index (Phi) is 9.36. The van der Waals surface area contributed by atoms with Gasteiger partial charge in [-0.05, 0) is 35.0 Å². The molecule has 0 aliphatic heterocycles. The fourth-order valence-electron chi connectivity index (χ4n) is 4.63. The molecule has 50 heavy (non-hydrogen) atoms. The van der Waals surface area contributed by atoms with Crippen LogP contribution in [0.4, 0.5) is 29.0 Å². The van der Waals surface area contributed by atoms with Gasteiger partial charge in [0.2, 0.25) is 11.9 Å². The van der Waals surface area contributed by atoms with Gasteiger partial charge in [0.1, 0.15) is 21.2 Å². The van der Waals surface area contributed by atoms with E-state index in [0.717, 1.165) is 12.1 Å². The number of aromatic nitrogens is 3. The number of fused-ring (bicyclic) bond motifs is 2. The van der Waals surface area contributed by atoms with Crippen LogP contribution >= 0.6 is 0 Å². The van der Waals surface area contributed by atoms with Crippen molar-refractivity contribution in [3.8, 4) is 5.75 Å². The SMILES string of the molecule is O=c1nc(NCCS(=O)(=O)O)nc(Nc2cc(S(=O)(=O)O)cc3cc(S(=O)(=O)O)c(N=Nc4ccc5ccccc5c4S(=O)(=O)O)c(O)c23)[nH]1. The molecule has 0 fully saturated rings. The number of nitrogens with one attached hydrogen (secondary N) is 3. The lowest BCUT2D eigenvalue weighted by Crippen LogP contribution is -2.21. The highest BCUT2D eigenvalue weighted by molar-refractivity contribution is 7.86. The highest BCUT2D eigenvalue weighted by atomic mass is 32.2. The lowest BCUT2D eigenvalue weighted by Gasteiger charge is -2.15. The topological polar surface area (TPSA) is 345 Å². The zero-order chi connectivity index (χ0) is 36.8. The second-order valence-corrected chi connectivity index (χ2v) is 15.8. The van der Waals surface area contributed by atoms with Gasteiger partial charge in [0.25, 0.3) is 40.5 Å². The standard InChI is InChI=1S/C25H21N7O14S4/c33-21-19-13(9-14(48(38,39)40)11-17(19)27-24-28-23(29-25(34)30-24)26-7-8-47(35,36)37)10-18(49(41,42)43)20(21)32-31-16-6-5-12-3-1-2-4-15(12)22(16)50(44,45)46/h1-6,9-11,33H,7-8H2,(H,35,36,37)(H,38,39,40)(H,41,42,43)(H,44,45,46)(H3,26,27,28,29,30,34). The molecule has 0 bridgehead atoms. The minimum absolute atomic E-state index is 0.000831. The molecule has 264 valence electrons.